The van der Waals surface area contributed by atoms with Crippen LogP contribution in [0.5, 0.6) is 0 Å². The Balaban J connectivity index is 1.43. The van der Waals surface area contributed by atoms with Gasteiger partial charge in [0.1, 0.15) is 0 Å². The number of esters is 1. The molecular weight excluding hydrogens is 374 g/mol. The second-order valence-electron chi connectivity index (χ2n) is 6.28. The Morgan fingerprint density at radius 1 is 1.22 bits per heavy atom. The van der Waals surface area contributed by atoms with Crippen molar-refractivity contribution in [1.82, 2.24) is 9.88 Å². The Bertz CT molecular complexity index is 784. The van der Waals surface area contributed by atoms with Crippen molar-refractivity contribution < 1.29 is 23.9 Å². The van der Waals surface area contributed by atoms with Crippen LogP contribution in [0.4, 0.5) is 5.69 Å². The first kappa shape index (κ1) is 19.0. The van der Waals surface area contributed by atoms with Crippen LogP contribution < -0.4 is 5.32 Å². The molecule has 0 unspecified atom stereocenters. The fourth-order valence-electron chi connectivity index (χ4n) is 3.18. The number of amides is 3. The number of pyridine rings is 1. The van der Waals surface area contributed by atoms with Crippen molar-refractivity contribution in [2.24, 2.45) is 11.8 Å². The van der Waals surface area contributed by atoms with E-state index in [1.54, 1.807) is 12.1 Å². The van der Waals surface area contributed by atoms with Gasteiger partial charge in [-0.2, -0.15) is 0 Å². The van der Waals surface area contributed by atoms with Crippen molar-refractivity contribution >= 4 is 41.0 Å². The minimum Gasteiger partial charge on any atom is -0.456 e. The lowest BCUT2D eigenvalue weighted by atomic mass is 9.85. The number of anilines is 1. The van der Waals surface area contributed by atoms with E-state index < -0.39 is 18.5 Å². The topological polar surface area (TPSA) is 106 Å². The lowest BCUT2D eigenvalue weighted by molar-refractivity contribution is -0.148. The molecule has 1 fully saturated rings. The van der Waals surface area contributed by atoms with Gasteiger partial charge in [-0.1, -0.05) is 23.8 Å². The van der Waals surface area contributed by atoms with Crippen molar-refractivity contribution in [2.75, 3.05) is 18.5 Å². The highest BCUT2D eigenvalue weighted by Gasteiger charge is 2.46. The van der Waals surface area contributed by atoms with Crippen LogP contribution in [-0.4, -0.2) is 46.7 Å². The Kier molecular flexibility index (Phi) is 5.85. The second-order valence-corrected chi connectivity index (χ2v) is 6.64. The number of hydrogen-bond donors (Lipinski definition) is 1. The predicted molar refractivity (Wildman–Crippen MR) is 95.5 cm³/mol. The zero-order valence-corrected chi connectivity index (χ0v) is 15.1. The molecule has 1 aliphatic carbocycles. The summed E-state index contributed by atoms with van der Waals surface area (Å²) in [7, 11) is 0. The molecule has 0 spiro atoms. The average Bonchev–Trinajstić information content (AvgIpc) is 2.91. The Morgan fingerprint density at radius 2 is 1.89 bits per heavy atom. The van der Waals surface area contributed by atoms with Gasteiger partial charge in [0.05, 0.1) is 23.9 Å². The van der Waals surface area contributed by atoms with Crippen molar-refractivity contribution in [2.45, 2.75) is 19.3 Å². The molecule has 0 bridgehead atoms. The van der Waals surface area contributed by atoms with E-state index in [2.05, 4.69) is 10.3 Å². The van der Waals surface area contributed by atoms with Gasteiger partial charge < -0.3 is 10.1 Å². The van der Waals surface area contributed by atoms with E-state index in [4.69, 9.17) is 16.3 Å². The number of nitrogens with zero attached hydrogens (tertiary/aromatic N) is 2. The van der Waals surface area contributed by atoms with E-state index >= 15 is 0 Å². The van der Waals surface area contributed by atoms with Crippen LogP contribution in [0, 0.1) is 11.8 Å². The molecule has 1 aromatic heterocycles. The molecule has 1 aromatic rings. The highest BCUT2D eigenvalue weighted by molar-refractivity contribution is 6.32. The van der Waals surface area contributed by atoms with Crippen LogP contribution in [0.2, 0.25) is 5.15 Å². The highest BCUT2D eigenvalue weighted by Crippen LogP contribution is 2.35. The van der Waals surface area contributed by atoms with E-state index in [1.807, 2.05) is 12.2 Å². The van der Waals surface area contributed by atoms with Gasteiger partial charge in [-0.05, 0) is 25.0 Å². The number of rotatable bonds is 6. The van der Waals surface area contributed by atoms with Gasteiger partial charge in [-0.3, -0.25) is 24.1 Å². The molecule has 0 aromatic carbocycles. The first-order valence-electron chi connectivity index (χ1n) is 8.53. The van der Waals surface area contributed by atoms with Gasteiger partial charge in [0, 0.05) is 12.7 Å². The van der Waals surface area contributed by atoms with Gasteiger partial charge in [0.2, 0.25) is 11.8 Å². The van der Waals surface area contributed by atoms with Crippen LogP contribution >= 0.6 is 11.6 Å². The molecule has 3 amide bonds. The van der Waals surface area contributed by atoms with E-state index in [0.29, 0.717) is 18.5 Å². The number of nitrogens with one attached hydrogen (secondary N) is 1. The summed E-state index contributed by atoms with van der Waals surface area (Å²) in [6, 6.07) is 3.17. The molecule has 2 aliphatic rings. The molecule has 3 rings (SSSR count). The molecule has 1 aliphatic heterocycles. The number of imide groups is 1. The maximum absolute atomic E-state index is 12.3. The maximum atomic E-state index is 12.3. The van der Waals surface area contributed by atoms with Gasteiger partial charge in [0.25, 0.3) is 5.91 Å². The van der Waals surface area contributed by atoms with E-state index in [0.717, 1.165) is 4.90 Å². The predicted octanol–water partition coefficient (Wildman–Crippen LogP) is 1.56. The monoisotopic (exact) mass is 391 g/mol. The number of aromatic nitrogens is 1. The number of halogens is 1. The summed E-state index contributed by atoms with van der Waals surface area (Å²) in [4.78, 5) is 53.2. The largest absolute Gasteiger partial charge is 0.456 e. The SMILES string of the molecule is O=C(COC(=O)CCN1C(=O)[C@H]2CC=CC[C@@H]2C1=O)Nc1cccnc1Cl. The number of fused-ring (bicyclic) bond motifs is 1. The highest BCUT2D eigenvalue weighted by atomic mass is 35.5. The lowest BCUT2D eigenvalue weighted by Gasteiger charge is -2.14. The molecule has 9 heteroatoms. The Morgan fingerprint density at radius 3 is 2.52 bits per heavy atom. The number of ether oxygens (including phenoxy) is 1. The van der Waals surface area contributed by atoms with Crippen molar-refractivity contribution in [3.63, 3.8) is 0 Å². The van der Waals surface area contributed by atoms with E-state index in [-0.39, 0.29) is 41.8 Å². The molecule has 142 valence electrons. The average molecular weight is 392 g/mol. The molecule has 0 radical (unpaired) electrons. The first-order valence-corrected chi connectivity index (χ1v) is 8.91. The van der Waals surface area contributed by atoms with Gasteiger partial charge in [-0.15, -0.1) is 0 Å². The van der Waals surface area contributed by atoms with Gasteiger partial charge in [0.15, 0.2) is 11.8 Å². The number of carbonyl (C=O) groups excluding carboxylic acids is 4. The van der Waals surface area contributed by atoms with Crippen LogP contribution in [-0.2, 0) is 23.9 Å². The third-order valence-corrected chi connectivity index (χ3v) is 4.84. The van der Waals surface area contributed by atoms with Crippen molar-refractivity contribution in [1.29, 1.82) is 0 Å². The molecular formula is C18H18ClN3O5. The minimum atomic E-state index is -0.670. The third-order valence-electron chi connectivity index (χ3n) is 4.54. The Labute approximate surface area is 160 Å². The second kappa shape index (κ2) is 8.30. The van der Waals surface area contributed by atoms with Gasteiger partial charge >= 0.3 is 5.97 Å². The molecule has 2 heterocycles. The molecule has 27 heavy (non-hydrogen) atoms. The van der Waals surface area contributed by atoms with E-state index in [9.17, 15) is 19.2 Å². The maximum Gasteiger partial charge on any atom is 0.308 e. The quantitative estimate of drug-likeness (QED) is 0.341. The first-order chi connectivity index (χ1) is 13.0. The molecule has 2 atom stereocenters. The minimum absolute atomic E-state index is 0.0421. The smallest absolute Gasteiger partial charge is 0.308 e. The van der Waals surface area contributed by atoms with Crippen LogP contribution in [0.25, 0.3) is 0 Å². The normalized spacial score (nSPS) is 21.1. The number of carbonyl (C=O) groups is 4. The summed E-state index contributed by atoms with van der Waals surface area (Å²) in [6.07, 6.45) is 6.21. The zero-order chi connectivity index (χ0) is 19.4. The standard InChI is InChI=1S/C18H18ClN3O5/c19-16-13(6-3-8-20-16)21-14(23)10-27-15(24)7-9-22-17(25)11-4-1-2-5-12(11)18(22)26/h1-3,6,8,11-12H,4-5,7,9-10H2,(H,21,23)/t11-,12-/m0/s1. The Hall–Kier alpha value is -2.74. The molecule has 1 N–H and O–H groups in total. The third kappa shape index (κ3) is 4.33. The summed E-state index contributed by atoms with van der Waals surface area (Å²) >= 11 is 5.83. The summed E-state index contributed by atoms with van der Waals surface area (Å²) in [5.41, 5.74) is 0.310. The summed E-state index contributed by atoms with van der Waals surface area (Å²) in [6.45, 7) is -0.541. The van der Waals surface area contributed by atoms with Crippen LogP contribution in [0.15, 0.2) is 30.5 Å². The van der Waals surface area contributed by atoms with Gasteiger partial charge in [-0.25, -0.2) is 4.98 Å². The lowest BCUT2D eigenvalue weighted by Crippen LogP contribution is -2.33. The van der Waals surface area contributed by atoms with Crippen LogP contribution in [0.1, 0.15) is 19.3 Å². The van der Waals surface area contributed by atoms with Crippen molar-refractivity contribution in [3.8, 4) is 0 Å². The number of allylic oxidation sites excluding steroid dienone is 2. The van der Waals surface area contributed by atoms with E-state index in [1.165, 1.54) is 6.20 Å². The molecule has 1 saturated heterocycles. The van der Waals surface area contributed by atoms with Crippen molar-refractivity contribution in [3.05, 3.63) is 35.6 Å². The number of hydrogen-bond acceptors (Lipinski definition) is 6. The number of likely N-dealkylation sites (tertiary alicyclic amines) is 1. The summed E-state index contributed by atoms with van der Waals surface area (Å²) < 4.78 is 4.89. The summed E-state index contributed by atoms with van der Waals surface area (Å²) in [5, 5.41) is 2.60. The molecule has 0 saturated carbocycles. The fourth-order valence-corrected chi connectivity index (χ4v) is 3.34. The van der Waals surface area contributed by atoms with Crippen LogP contribution in [0.3, 0.4) is 0 Å². The summed E-state index contributed by atoms with van der Waals surface area (Å²) in [5.74, 6) is -2.38. The zero-order valence-electron chi connectivity index (χ0n) is 14.4. The molecule has 8 nitrogen and oxygen atoms in total. The fraction of sp³-hybridized carbons (Fsp3) is 0.389.